The van der Waals surface area contributed by atoms with Crippen LogP contribution in [0.4, 0.5) is 0 Å². The van der Waals surface area contributed by atoms with Gasteiger partial charge >= 0.3 is 0 Å². The van der Waals surface area contributed by atoms with E-state index in [1.807, 2.05) is 42.5 Å². The van der Waals surface area contributed by atoms with Crippen LogP contribution < -0.4 is 0 Å². The number of amides is 3. The van der Waals surface area contributed by atoms with Gasteiger partial charge in [-0.25, -0.2) is 5.01 Å². The number of allylic oxidation sites excluding steroid dienone is 2. The van der Waals surface area contributed by atoms with Gasteiger partial charge in [0, 0.05) is 0 Å². The van der Waals surface area contributed by atoms with Crippen molar-refractivity contribution >= 4 is 29.3 Å². The molecule has 0 unspecified atom stereocenters. The van der Waals surface area contributed by atoms with Gasteiger partial charge in [-0.1, -0.05) is 66.2 Å². The van der Waals surface area contributed by atoms with E-state index in [0.717, 1.165) is 17.0 Å². The number of halogens is 1. The number of carbonyl (C=O) groups is 3. The minimum absolute atomic E-state index is 0.0837. The predicted molar refractivity (Wildman–Crippen MR) is 107 cm³/mol. The number of nitrogens with zero attached hydrogens (tertiary/aromatic N) is 2. The lowest BCUT2D eigenvalue weighted by Gasteiger charge is -2.31. The van der Waals surface area contributed by atoms with Crippen LogP contribution in [0.3, 0.4) is 0 Å². The summed E-state index contributed by atoms with van der Waals surface area (Å²) in [5.41, 5.74) is 1.09. The van der Waals surface area contributed by atoms with Gasteiger partial charge in [0.1, 0.15) is 0 Å². The molecule has 4 atom stereocenters. The molecule has 0 N–H and O–H groups in total. The third-order valence-electron chi connectivity index (χ3n) is 6.20. The molecule has 0 aromatic heterocycles. The highest BCUT2D eigenvalue weighted by Crippen LogP contribution is 2.52. The Bertz CT molecular complexity index is 1010. The monoisotopic (exact) mass is 406 g/mol. The van der Waals surface area contributed by atoms with Crippen LogP contribution in [0.1, 0.15) is 22.3 Å². The third-order valence-corrected chi connectivity index (χ3v) is 6.53. The van der Waals surface area contributed by atoms with Gasteiger partial charge < -0.3 is 0 Å². The van der Waals surface area contributed by atoms with Crippen LogP contribution in [0, 0.1) is 23.7 Å². The molecule has 3 aliphatic rings. The molecule has 2 aliphatic carbocycles. The number of hydrogen-bond acceptors (Lipinski definition) is 3. The number of benzene rings is 2. The van der Waals surface area contributed by atoms with Crippen molar-refractivity contribution in [1.29, 1.82) is 0 Å². The summed E-state index contributed by atoms with van der Waals surface area (Å²) in [6.07, 6.45) is 4.92. The van der Waals surface area contributed by atoms with Crippen molar-refractivity contribution in [2.75, 3.05) is 0 Å². The van der Waals surface area contributed by atoms with Crippen LogP contribution in [-0.2, 0) is 16.1 Å². The van der Waals surface area contributed by atoms with E-state index >= 15 is 0 Å². The number of fused-ring (bicyclic) bond motifs is 5. The van der Waals surface area contributed by atoms with Crippen molar-refractivity contribution in [3.63, 3.8) is 0 Å². The molecule has 2 aromatic rings. The summed E-state index contributed by atoms with van der Waals surface area (Å²) in [4.78, 5) is 40.0. The fourth-order valence-electron chi connectivity index (χ4n) is 4.89. The van der Waals surface area contributed by atoms with Gasteiger partial charge in [0.25, 0.3) is 17.7 Å². The lowest BCUT2D eigenvalue weighted by Crippen LogP contribution is -2.50. The molecule has 1 saturated carbocycles. The van der Waals surface area contributed by atoms with E-state index in [-0.39, 0.29) is 52.6 Å². The standard InChI is InChI=1S/C23H19ClN2O3/c24-18-9-5-4-8-17(18)21(27)25(13-14-6-2-1-3-7-14)26-22(28)19-15-10-11-16(12-15)20(19)23(26)29/h1-11,15-16,19-20H,12-13H2/t15-,16-,19+,20+/m0/s1. The number of rotatable bonds is 4. The van der Waals surface area contributed by atoms with E-state index in [1.165, 1.54) is 5.01 Å². The number of hydrogen-bond donors (Lipinski definition) is 0. The molecular formula is C23H19ClN2O3. The zero-order valence-corrected chi connectivity index (χ0v) is 16.3. The Kier molecular flexibility index (Phi) is 4.28. The summed E-state index contributed by atoms with van der Waals surface area (Å²) in [7, 11) is 0. The van der Waals surface area contributed by atoms with E-state index in [0.29, 0.717) is 0 Å². The molecular weight excluding hydrogens is 388 g/mol. The van der Waals surface area contributed by atoms with Crippen molar-refractivity contribution in [3.8, 4) is 0 Å². The lowest BCUT2D eigenvalue weighted by atomic mass is 9.85. The quantitative estimate of drug-likeness (QED) is 0.574. The summed E-state index contributed by atoms with van der Waals surface area (Å²) in [5.74, 6) is -1.59. The molecule has 29 heavy (non-hydrogen) atoms. The Morgan fingerprint density at radius 1 is 0.931 bits per heavy atom. The van der Waals surface area contributed by atoms with Crippen molar-refractivity contribution in [2.24, 2.45) is 23.7 Å². The second-order valence-corrected chi connectivity index (χ2v) is 8.22. The number of imide groups is 1. The van der Waals surface area contributed by atoms with Crippen molar-refractivity contribution in [1.82, 2.24) is 10.0 Å². The lowest BCUT2D eigenvalue weighted by molar-refractivity contribution is -0.156. The van der Waals surface area contributed by atoms with Crippen molar-refractivity contribution < 1.29 is 14.4 Å². The second-order valence-electron chi connectivity index (χ2n) is 7.82. The average Bonchev–Trinajstić information content (AvgIpc) is 3.41. The molecule has 0 radical (unpaired) electrons. The number of carbonyl (C=O) groups excluding carboxylic acids is 3. The van der Waals surface area contributed by atoms with Crippen LogP contribution in [0.5, 0.6) is 0 Å². The smallest absolute Gasteiger partial charge is 0.272 e. The highest BCUT2D eigenvalue weighted by molar-refractivity contribution is 6.33. The van der Waals surface area contributed by atoms with Crippen LogP contribution in [0.25, 0.3) is 0 Å². The van der Waals surface area contributed by atoms with Gasteiger partial charge in [0.05, 0.1) is 29.0 Å². The first kappa shape index (κ1) is 18.1. The maximum Gasteiger partial charge on any atom is 0.274 e. The number of hydrazine groups is 1. The summed E-state index contributed by atoms with van der Waals surface area (Å²) in [6, 6.07) is 16.0. The minimum atomic E-state index is -0.457. The van der Waals surface area contributed by atoms with E-state index in [4.69, 9.17) is 11.6 Å². The van der Waals surface area contributed by atoms with E-state index in [1.54, 1.807) is 24.3 Å². The molecule has 2 bridgehead atoms. The molecule has 2 fully saturated rings. The molecule has 3 amide bonds. The zero-order chi connectivity index (χ0) is 20.1. The Labute approximate surface area is 173 Å². The van der Waals surface area contributed by atoms with Gasteiger partial charge in [-0.2, -0.15) is 5.01 Å². The van der Waals surface area contributed by atoms with Gasteiger partial charge in [-0.05, 0) is 36.0 Å². The zero-order valence-electron chi connectivity index (χ0n) is 15.6. The van der Waals surface area contributed by atoms with Gasteiger partial charge in [0.15, 0.2) is 0 Å². The fraction of sp³-hybridized carbons (Fsp3) is 0.261. The predicted octanol–water partition coefficient (Wildman–Crippen LogP) is 3.70. The molecule has 5 nitrogen and oxygen atoms in total. The summed E-state index contributed by atoms with van der Waals surface area (Å²) < 4.78 is 0. The van der Waals surface area contributed by atoms with E-state index in [2.05, 4.69) is 0 Å². The van der Waals surface area contributed by atoms with Crippen LogP contribution in [0.15, 0.2) is 66.7 Å². The van der Waals surface area contributed by atoms with Crippen molar-refractivity contribution in [3.05, 3.63) is 82.9 Å². The first-order valence-electron chi connectivity index (χ1n) is 9.72. The molecule has 6 heteroatoms. The largest absolute Gasteiger partial charge is 0.274 e. The average molecular weight is 407 g/mol. The molecule has 146 valence electrons. The second kappa shape index (κ2) is 6.85. The summed E-state index contributed by atoms with van der Waals surface area (Å²) >= 11 is 6.25. The van der Waals surface area contributed by atoms with Crippen molar-refractivity contribution in [2.45, 2.75) is 13.0 Å². The molecule has 1 heterocycles. The Balaban J connectivity index is 1.54. The minimum Gasteiger partial charge on any atom is -0.272 e. The van der Waals surface area contributed by atoms with Gasteiger partial charge in [-0.15, -0.1) is 0 Å². The molecule has 1 aliphatic heterocycles. The van der Waals surface area contributed by atoms with Gasteiger partial charge in [-0.3, -0.25) is 14.4 Å². The first-order valence-corrected chi connectivity index (χ1v) is 10.1. The molecule has 1 saturated heterocycles. The Morgan fingerprint density at radius 2 is 1.52 bits per heavy atom. The fourth-order valence-corrected chi connectivity index (χ4v) is 5.10. The molecule has 5 rings (SSSR count). The first-order chi connectivity index (χ1) is 14.1. The van der Waals surface area contributed by atoms with E-state index in [9.17, 15) is 14.4 Å². The summed E-state index contributed by atoms with van der Waals surface area (Å²) in [6.45, 7) is 0.116. The normalized spacial score (nSPS) is 26.9. The van der Waals surface area contributed by atoms with E-state index < -0.39 is 5.91 Å². The Morgan fingerprint density at radius 3 is 2.14 bits per heavy atom. The summed E-state index contributed by atoms with van der Waals surface area (Å²) in [5, 5.41) is 2.63. The van der Waals surface area contributed by atoms with Gasteiger partial charge in [0.2, 0.25) is 0 Å². The van der Waals surface area contributed by atoms with Crippen LogP contribution in [-0.4, -0.2) is 27.7 Å². The third kappa shape index (κ3) is 2.80. The Hall–Kier alpha value is -2.92. The maximum atomic E-state index is 13.4. The molecule has 0 spiro atoms. The SMILES string of the molecule is O=C(c1ccccc1Cl)N(Cc1ccccc1)N1C(=O)[C@H]2[C@H](C1=O)[C@H]1C=C[C@H]2C1. The van der Waals surface area contributed by atoms with Crippen LogP contribution >= 0.6 is 11.6 Å². The molecule has 2 aromatic carbocycles. The van der Waals surface area contributed by atoms with Crippen LogP contribution in [0.2, 0.25) is 5.02 Å². The highest BCUT2D eigenvalue weighted by atomic mass is 35.5. The highest BCUT2D eigenvalue weighted by Gasteiger charge is 2.61. The topological polar surface area (TPSA) is 57.7 Å². The maximum absolute atomic E-state index is 13.4.